The summed E-state index contributed by atoms with van der Waals surface area (Å²) in [4.78, 5) is 4.23. The van der Waals surface area contributed by atoms with Crippen molar-refractivity contribution in [2.75, 3.05) is 6.61 Å². The lowest BCUT2D eigenvalue weighted by Crippen LogP contribution is -2.19. The highest BCUT2D eigenvalue weighted by Gasteiger charge is 2.18. The van der Waals surface area contributed by atoms with E-state index in [4.69, 9.17) is 4.74 Å². The van der Waals surface area contributed by atoms with Gasteiger partial charge in [-0.1, -0.05) is 20.3 Å². The number of pyridine rings is 1. The van der Waals surface area contributed by atoms with Crippen molar-refractivity contribution < 1.29 is 4.74 Å². The summed E-state index contributed by atoms with van der Waals surface area (Å²) in [5.74, 6) is 2.10. The van der Waals surface area contributed by atoms with E-state index in [0.29, 0.717) is 5.92 Å². The Labute approximate surface area is 91.7 Å². The van der Waals surface area contributed by atoms with E-state index in [-0.39, 0.29) is 0 Å². The summed E-state index contributed by atoms with van der Waals surface area (Å²) in [7, 11) is 0. The van der Waals surface area contributed by atoms with Crippen molar-refractivity contribution in [3.05, 3.63) is 23.9 Å². The summed E-state index contributed by atoms with van der Waals surface area (Å²) in [5.41, 5.74) is 1.30. The molecule has 0 N–H and O–H groups in total. The highest BCUT2D eigenvalue weighted by atomic mass is 16.5. The summed E-state index contributed by atoms with van der Waals surface area (Å²) >= 11 is 0. The Kier molecular flexibility index (Phi) is 3.24. The molecule has 0 aliphatic heterocycles. The van der Waals surface area contributed by atoms with E-state index in [1.54, 1.807) is 0 Å². The second-order valence-electron chi connectivity index (χ2n) is 4.69. The Balaban J connectivity index is 1.92. The van der Waals surface area contributed by atoms with Crippen LogP contribution in [0.2, 0.25) is 0 Å². The molecular weight excluding hydrogens is 186 g/mol. The zero-order chi connectivity index (χ0) is 10.7. The molecule has 2 heteroatoms. The summed E-state index contributed by atoms with van der Waals surface area (Å²) in [6.07, 6.45) is 5.85. The fourth-order valence-electron chi connectivity index (χ4n) is 1.73. The first kappa shape index (κ1) is 10.5. The van der Waals surface area contributed by atoms with E-state index in [1.165, 1.54) is 24.8 Å². The fraction of sp³-hybridized carbons (Fsp3) is 0.615. The second-order valence-corrected chi connectivity index (χ2v) is 4.69. The van der Waals surface area contributed by atoms with Crippen LogP contribution in [0.1, 0.15) is 44.6 Å². The van der Waals surface area contributed by atoms with Crippen molar-refractivity contribution in [3.63, 3.8) is 0 Å². The van der Waals surface area contributed by atoms with Crippen LogP contribution < -0.4 is 4.74 Å². The molecule has 1 fully saturated rings. The van der Waals surface area contributed by atoms with Gasteiger partial charge in [-0.15, -0.1) is 0 Å². The highest BCUT2D eigenvalue weighted by Crippen LogP contribution is 2.27. The highest BCUT2D eigenvalue weighted by molar-refractivity contribution is 5.23. The van der Waals surface area contributed by atoms with E-state index in [1.807, 2.05) is 6.20 Å². The Morgan fingerprint density at radius 1 is 1.47 bits per heavy atom. The van der Waals surface area contributed by atoms with Crippen molar-refractivity contribution >= 4 is 0 Å². The van der Waals surface area contributed by atoms with Crippen LogP contribution in [0.5, 0.6) is 5.88 Å². The first-order valence-electron chi connectivity index (χ1n) is 5.84. The molecule has 1 aliphatic carbocycles. The second kappa shape index (κ2) is 4.65. The molecule has 2 rings (SSSR count). The van der Waals surface area contributed by atoms with Crippen LogP contribution in [0.15, 0.2) is 18.3 Å². The van der Waals surface area contributed by atoms with Gasteiger partial charge in [0.1, 0.15) is 0 Å². The molecule has 0 aromatic carbocycles. The molecule has 1 aromatic rings. The van der Waals surface area contributed by atoms with Crippen LogP contribution in [0, 0.1) is 5.92 Å². The minimum Gasteiger partial charge on any atom is -0.477 e. The first-order valence-corrected chi connectivity index (χ1v) is 5.84. The van der Waals surface area contributed by atoms with Gasteiger partial charge in [-0.05, 0) is 36.3 Å². The van der Waals surface area contributed by atoms with Gasteiger partial charge in [0.15, 0.2) is 0 Å². The molecule has 1 aliphatic rings. The maximum absolute atomic E-state index is 5.69. The topological polar surface area (TPSA) is 22.1 Å². The Morgan fingerprint density at radius 2 is 2.27 bits per heavy atom. The lowest BCUT2D eigenvalue weighted by atomic mass is 9.86. The zero-order valence-corrected chi connectivity index (χ0v) is 9.57. The number of nitrogens with zero attached hydrogens (tertiary/aromatic N) is 1. The number of ether oxygens (including phenoxy) is 1. The van der Waals surface area contributed by atoms with E-state index in [9.17, 15) is 0 Å². The molecule has 82 valence electrons. The third-order valence-corrected chi connectivity index (χ3v) is 3.12. The predicted octanol–water partition coefficient (Wildman–Crippen LogP) is 3.38. The maximum Gasteiger partial charge on any atom is 0.213 e. The third-order valence-electron chi connectivity index (χ3n) is 3.12. The predicted molar refractivity (Wildman–Crippen MR) is 61.2 cm³/mol. The molecular formula is C13H19NO. The molecule has 0 atom stereocenters. The van der Waals surface area contributed by atoms with Gasteiger partial charge in [0.05, 0.1) is 6.61 Å². The van der Waals surface area contributed by atoms with Crippen molar-refractivity contribution in [2.24, 2.45) is 5.92 Å². The largest absolute Gasteiger partial charge is 0.477 e. The van der Waals surface area contributed by atoms with Crippen molar-refractivity contribution in [2.45, 2.75) is 39.0 Å². The van der Waals surface area contributed by atoms with Crippen LogP contribution in [0.25, 0.3) is 0 Å². The molecule has 0 bridgehead atoms. The molecule has 0 radical (unpaired) electrons. The molecule has 0 amide bonds. The average molecular weight is 205 g/mol. The third kappa shape index (κ3) is 2.71. The van der Waals surface area contributed by atoms with Gasteiger partial charge in [0.2, 0.25) is 5.88 Å². The minimum atomic E-state index is 0.541. The quantitative estimate of drug-likeness (QED) is 0.751. The minimum absolute atomic E-state index is 0.541. The average Bonchev–Trinajstić information content (AvgIpc) is 2.16. The summed E-state index contributed by atoms with van der Waals surface area (Å²) in [5, 5.41) is 0. The van der Waals surface area contributed by atoms with Gasteiger partial charge < -0.3 is 4.74 Å². The van der Waals surface area contributed by atoms with Crippen molar-refractivity contribution in [1.29, 1.82) is 0 Å². The van der Waals surface area contributed by atoms with Gasteiger partial charge in [-0.2, -0.15) is 0 Å². The number of hydrogen-bond acceptors (Lipinski definition) is 2. The van der Waals surface area contributed by atoms with Gasteiger partial charge in [0, 0.05) is 12.3 Å². The van der Waals surface area contributed by atoms with E-state index < -0.39 is 0 Å². The van der Waals surface area contributed by atoms with E-state index in [0.717, 1.165) is 18.4 Å². The number of hydrogen-bond donors (Lipinski definition) is 0. The molecule has 1 aromatic heterocycles. The molecule has 0 saturated heterocycles. The van der Waals surface area contributed by atoms with E-state index >= 15 is 0 Å². The Bertz CT molecular complexity index is 318. The van der Waals surface area contributed by atoms with Gasteiger partial charge >= 0.3 is 0 Å². The molecule has 1 heterocycles. The van der Waals surface area contributed by atoms with Crippen LogP contribution in [0.3, 0.4) is 0 Å². The van der Waals surface area contributed by atoms with Gasteiger partial charge in [-0.25, -0.2) is 4.98 Å². The fourth-order valence-corrected chi connectivity index (χ4v) is 1.73. The molecule has 0 spiro atoms. The van der Waals surface area contributed by atoms with Gasteiger partial charge in [0.25, 0.3) is 0 Å². The van der Waals surface area contributed by atoms with Gasteiger partial charge in [-0.3, -0.25) is 0 Å². The van der Waals surface area contributed by atoms with Crippen LogP contribution in [-0.2, 0) is 0 Å². The lowest BCUT2D eigenvalue weighted by molar-refractivity contribution is 0.175. The molecule has 0 unspecified atom stereocenters. The Morgan fingerprint density at radius 3 is 2.87 bits per heavy atom. The monoisotopic (exact) mass is 205 g/mol. The normalized spacial score (nSPS) is 16.5. The maximum atomic E-state index is 5.69. The van der Waals surface area contributed by atoms with Crippen LogP contribution in [0.4, 0.5) is 0 Å². The Hall–Kier alpha value is -1.05. The SMILES string of the molecule is CC(C)c1ccnc(OCC2CCC2)c1. The number of aromatic nitrogens is 1. The summed E-state index contributed by atoms with van der Waals surface area (Å²) in [6, 6.07) is 4.12. The van der Waals surface area contributed by atoms with E-state index in [2.05, 4.69) is 31.0 Å². The summed E-state index contributed by atoms with van der Waals surface area (Å²) < 4.78 is 5.69. The lowest BCUT2D eigenvalue weighted by Gasteiger charge is -2.24. The molecule has 1 saturated carbocycles. The molecule has 15 heavy (non-hydrogen) atoms. The van der Waals surface area contributed by atoms with Crippen molar-refractivity contribution in [1.82, 2.24) is 4.98 Å². The molecule has 2 nitrogen and oxygen atoms in total. The zero-order valence-electron chi connectivity index (χ0n) is 9.57. The first-order chi connectivity index (χ1) is 7.25. The standard InChI is InChI=1S/C13H19NO/c1-10(2)12-6-7-14-13(8-12)15-9-11-4-3-5-11/h6-8,10-11H,3-5,9H2,1-2H3. The van der Waals surface area contributed by atoms with Crippen LogP contribution >= 0.6 is 0 Å². The van der Waals surface area contributed by atoms with Crippen LogP contribution in [-0.4, -0.2) is 11.6 Å². The number of rotatable bonds is 4. The smallest absolute Gasteiger partial charge is 0.213 e. The van der Waals surface area contributed by atoms with Crippen molar-refractivity contribution in [3.8, 4) is 5.88 Å². The summed E-state index contributed by atoms with van der Waals surface area (Å²) in [6.45, 7) is 5.21.